The Morgan fingerprint density at radius 2 is 1.92 bits per heavy atom. The van der Waals surface area contributed by atoms with Crippen molar-refractivity contribution in [2.45, 2.75) is 37.8 Å². The molecule has 1 aliphatic heterocycles. The standard InChI is InChI=1S/C18H20N4O2/c1-21-15(11-6-7-11)9-14(20-21)18(24)22-10-13-5-3-2-4-12(13)8-16(22)17(19)23/h2-5,9,11,16H,6-8,10H2,1H3,(H2,19,23)/t16-/m0/s1. The molecule has 0 saturated heterocycles. The number of hydrogen-bond donors (Lipinski definition) is 1. The lowest BCUT2D eigenvalue weighted by molar-refractivity contribution is -0.122. The number of amides is 2. The molecule has 24 heavy (non-hydrogen) atoms. The van der Waals surface area contributed by atoms with Gasteiger partial charge >= 0.3 is 0 Å². The fraction of sp³-hybridized carbons (Fsp3) is 0.389. The average Bonchev–Trinajstić information content (AvgIpc) is 3.35. The zero-order valence-corrected chi connectivity index (χ0v) is 13.6. The van der Waals surface area contributed by atoms with Crippen molar-refractivity contribution in [1.29, 1.82) is 0 Å². The van der Waals surface area contributed by atoms with E-state index in [1.54, 1.807) is 9.58 Å². The number of nitrogens with zero attached hydrogens (tertiary/aromatic N) is 3. The molecule has 1 fully saturated rings. The van der Waals surface area contributed by atoms with Crippen LogP contribution in [0.5, 0.6) is 0 Å². The molecule has 2 aliphatic rings. The molecular weight excluding hydrogens is 304 g/mol. The minimum Gasteiger partial charge on any atom is -0.368 e. The van der Waals surface area contributed by atoms with E-state index in [0.717, 1.165) is 29.7 Å². The van der Waals surface area contributed by atoms with Crippen molar-refractivity contribution in [1.82, 2.24) is 14.7 Å². The van der Waals surface area contributed by atoms with Crippen LogP contribution in [0, 0.1) is 0 Å². The number of hydrogen-bond acceptors (Lipinski definition) is 3. The maximum absolute atomic E-state index is 13.0. The van der Waals surface area contributed by atoms with Crippen molar-refractivity contribution in [3.63, 3.8) is 0 Å². The monoisotopic (exact) mass is 324 g/mol. The number of carbonyl (C=O) groups is 2. The quantitative estimate of drug-likeness (QED) is 0.925. The van der Waals surface area contributed by atoms with Crippen LogP contribution in [0.25, 0.3) is 0 Å². The van der Waals surface area contributed by atoms with Gasteiger partial charge in [-0.25, -0.2) is 0 Å². The fourth-order valence-corrected chi connectivity index (χ4v) is 3.49. The Morgan fingerprint density at radius 1 is 1.21 bits per heavy atom. The topological polar surface area (TPSA) is 81.2 Å². The molecule has 2 amide bonds. The minimum atomic E-state index is -0.626. The molecule has 1 saturated carbocycles. The van der Waals surface area contributed by atoms with Crippen LogP contribution in [0.1, 0.15) is 46.1 Å². The first-order valence-corrected chi connectivity index (χ1v) is 8.25. The summed E-state index contributed by atoms with van der Waals surface area (Å²) in [5.41, 5.74) is 9.18. The number of primary amides is 1. The second-order valence-electron chi connectivity index (χ2n) is 6.68. The van der Waals surface area contributed by atoms with Gasteiger partial charge in [0.1, 0.15) is 6.04 Å². The third kappa shape index (κ3) is 2.48. The summed E-state index contributed by atoms with van der Waals surface area (Å²) in [6.07, 6.45) is 2.75. The Morgan fingerprint density at radius 3 is 2.58 bits per heavy atom. The molecule has 0 spiro atoms. The van der Waals surface area contributed by atoms with Crippen LogP contribution in [0.2, 0.25) is 0 Å². The van der Waals surface area contributed by atoms with Gasteiger partial charge in [-0.3, -0.25) is 14.3 Å². The van der Waals surface area contributed by atoms with E-state index < -0.39 is 11.9 Å². The Labute approximate surface area is 140 Å². The Kier molecular flexibility index (Phi) is 3.40. The lowest BCUT2D eigenvalue weighted by Gasteiger charge is -2.34. The predicted octanol–water partition coefficient (Wildman–Crippen LogP) is 1.35. The third-order valence-electron chi connectivity index (χ3n) is 4.97. The second kappa shape index (κ2) is 5.47. The number of benzene rings is 1. The Bertz CT molecular complexity index is 822. The largest absolute Gasteiger partial charge is 0.368 e. The summed E-state index contributed by atoms with van der Waals surface area (Å²) in [5.74, 6) is -0.190. The summed E-state index contributed by atoms with van der Waals surface area (Å²) in [5, 5.41) is 4.37. The molecule has 4 rings (SSSR count). The lowest BCUT2D eigenvalue weighted by atomic mass is 9.93. The lowest BCUT2D eigenvalue weighted by Crippen LogP contribution is -2.51. The van der Waals surface area contributed by atoms with Gasteiger partial charge in [0.2, 0.25) is 5.91 Å². The van der Waals surface area contributed by atoms with Gasteiger partial charge in [0.05, 0.1) is 0 Å². The summed E-state index contributed by atoms with van der Waals surface area (Å²) in [7, 11) is 1.86. The Hall–Kier alpha value is -2.63. The highest BCUT2D eigenvalue weighted by Crippen LogP contribution is 2.40. The predicted molar refractivity (Wildman–Crippen MR) is 88.2 cm³/mol. The third-order valence-corrected chi connectivity index (χ3v) is 4.97. The highest BCUT2D eigenvalue weighted by molar-refractivity contribution is 5.96. The van der Waals surface area contributed by atoms with Crippen molar-refractivity contribution in [2.24, 2.45) is 12.8 Å². The van der Waals surface area contributed by atoms with Crippen LogP contribution in [0.15, 0.2) is 30.3 Å². The van der Waals surface area contributed by atoms with E-state index in [1.807, 2.05) is 37.4 Å². The summed E-state index contributed by atoms with van der Waals surface area (Å²) >= 11 is 0. The summed E-state index contributed by atoms with van der Waals surface area (Å²) in [6, 6.07) is 9.09. The fourth-order valence-electron chi connectivity index (χ4n) is 3.49. The number of aryl methyl sites for hydroxylation is 1. The van der Waals surface area contributed by atoms with Gasteiger partial charge in [-0.1, -0.05) is 24.3 Å². The van der Waals surface area contributed by atoms with Crippen molar-refractivity contribution in [2.75, 3.05) is 0 Å². The smallest absolute Gasteiger partial charge is 0.275 e. The van der Waals surface area contributed by atoms with Gasteiger partial charge in [-0.05, 0) is 30.0 Å². The van der Waals surface area contributed by atoms with Gasteiger partial charge in [0, 0.05) is 31.6 Å². The minimum absolute atomic E-state index is 0.226. The first-order valence-electron chi connectivity index (χ1n) is 8.25. The molecule has 124 valence electrons. The van der Waals surface area contributed by atoms with Crippen LogP contribution in [0.4, 0.5) is 0 Å². The molecule has 0 unspecified atom stereocenters. The van der Waals surface area contributed by atoms with Crippen LogP contribution in [0.3, 0.4) is 0 Å². The maximum atomic E-state index is 13.0. The zero-order valence-electron chi connectivity index (χ0n) is 13.6. The van der Waals surface area contributed by atoms with Crippen molar-refractivity contribution in [3.05, 3.63) is 52.8 Å². The maximum Gasteiger partial charge on any atom is 0.275 e. The molecule has 0 radical (unpaired) electrons. The van der Waals surface area contributed by atoms with Crippen molar-refractivity contribution >= 4 is 11.8 Å². The van der Waals surface area contributed by atoms with E-state index >= 15 is 0 Å². The molecule has 6 nitrogen and oxygen atoms in total. The molecule has 0 bridgehead atoms. The van der Waals surface area contributed by atoms with E-state index in [0.29, 0.717) is 24.6 Å². The molecule has 1 aromatic carbocycles. The number of rotatable bonds is 3. The SMILES string of the molecule is Cn1nc(C(=O)N2Cc3ccccc3C[C@H]2C(N)=O)cc1C1CC1. The molecular formula is C18H20N4O2. The van der Waals surface area contributed by atoms with Gasteiger partial charge in [-0.15, -0.1) is 0 Å². The van der Waals surface area contributed by atoms with Crippen LogP contribution >= 0.6 is 0 Å². The molecule has 6 heteroatoms. The summed E-state index contributed by atoms with van der Waals surface area (Å²) in [4.78, 5) is 26.4. The molecule has 1 atom stereocenters. The Balaban J connectivity index is 1.67. The van der Waals surface area contributed by atoms with Gasteiger partial charge in [-0.2, -0.15) is 5.10 Å². The normalized spacial score (nSPS) is 19.9. The zero-order chi connectivity index (χ0) is 16.8. The molecule has 2 N–H and O–H groups in total. The number of aromatic nitrogens is 2. The first-order chi connectivity index (χ1) is 11.5. The van der Waals surface area contributed by atoms with E-state index in [9.17, 15) is 9.59 Å². The highest BCUT2D eigenvalue weighted by atomic mass is 16.2. The molecule has 1 aromatic heterocycles. The molecule has 2 aromatic rings. The average molecular weight is 324 g/mol. The van der Waals surface area contributed by atoms with Gasteiger partial charge in [0.25, 0.3) is 5.91 Å². The van der Waals surface area contributed by atoms with Crippen LogP contribution < -0.4 is 5.73 Å². The molecule has 1 aliphatic carbocycles. The first kappa shape index (κ1) is 14.9. The second-order valence-corrected chi connectivity index (χ2v) is 6.68. The van der Waals surface area contributed by atoms with Crippen LogP contribution in [-0.2, 0) is 24.8 Å². The number of nitrogens with two attached hydrogens (primary N) is 1. The van der Waals surface area contributed by atoms with E-state index in [1.165, 1.54) is 0 Å². The van der Waals surface area contributed by atoms with Crippen molar-refractivity contribution in [3.8, 4) is 0 Å². The number of carbonyl (C=O) groups excluding carboxylic acids is 2. The summed E-state index contributed by atoms with van der Waals surface area (Å²) < 4.78 is 1.78. The molecule has 2 heterocycles. The van der Waals surface area contributed by atoms with E-state index in [2.05, 4.69) is 5.10 Å². The summed E-state index contributed by atoms with van der Waals surface area (Å²) in [6.45, 7) is 0.387. The van der Waals surface area contributed by atoms with Gasteiger partial charge in [0.15, 0.2) is 5.69 Å². The van der Waals surface area contributed by atoms with E-state index in [-0.39, 0.29) is 5.91 Å². The highest BCUT2D eigenvalue weighted by Gasteiger charge is 2.36. The van der Waals surface area contributed by atoms with Crippen molar-refractivity contribution < 1.29 is 9.59 Å². The van der Waals surface area contributed by atoms with Crippen LogP contribution in [-0.4, -0.2) is 32.5 Å². The number of fused-ring (bicyclic) bond motifs is 1. The van der Waals surface area contributed by atoms with Gasteiger partial charge < -0.3 is 10.6 Å². The van der Waals surface area contributed by atoms with E-state index in [4.69, 9.17) is 5.73 Å².